The van der Waals surface area contributed by atoms with E-state index in [4.69, 9.17) is 22.3 Å². The lowest BCUT2D eigenvalue weighted by atomic mass is 10.1. The number of hydrogen-bond donors (Lipinski definition) is 7. The van der Waals surface area contributed by atoms with Crippen molar-refractivity contribution in [2.24, 2.45) is 22.2 Å². The van der Waals surface area contributed by atoms with E-state index in [1.54, 1.807) is 0 Å². The predicted octanol–water partition coefficient (Wildman–Crippen LogP) is -3.58. The molecule has 0 bridgehead atoms. The molecule has 0 aliphatic carbocycles. The van der Waals surface area contributed by atoms with Crippen LogP contribution in [0.4, 0.5) is 0 Å². The Morgan fingerprint density at radius 3 is 2.43 bits per heavy atom. The van der Waals surface area contributed by atoms with E-state index in [9.17, 15) is 24.3 Å². The minimum absolute atomic E-state index is 0.0914. The van der Waals surface area contributed by atoms with Gasteiger partial charge in [0.25, 0.3) is 0 Å². The van der Waals surface area contributed by atoms with E-state index in [0.717, 1.165) is 0 Å². The third-order valence-corrected chi connectivity index (χ3v) is 4.65. The van der Waals surface area contributed by atoms with Gasteiger partial charge in [-0.3, -0.25) is 19.4 Å². The molecular weight excluding hydrogens is 398 g/mol. The maximum Gasteiger partial charge on any atom is 0.328 e. The van der Waals surface area contributed by atoms with Gasteiger partial charge >= 0.3 is 5.97 Å². The predicted molar refractivity (Wildman–Crippen MR) is 107 cm³/mol. The fraction of sp³-hybridized carbons (Fsp3) is 0.706. The molecule has 1 rings (SSSR count). The Hall–Kier alpha value is -2.93. The van der Waals surface area contributed by atoms with Gasteiger partial charge in [-0.25, -0.2) is 4.79 Å². The Labute approximate surface area is 174 Å². The zero-order chi connectivity index (χ0) is 22.8. The fourth-order valence-corrected chi connectivity index (χ4v) is 3.16. The zero-order valence-electron chi connectivity index (χ0n) is 16.9. The lowest BCUT2D eigenvalue weighted by molar-refractivity contribution is -0.147. The number of nitrogens with zero attached hydrogens (tertiary/aromatic N) is 2. The summed E-state index contributed by atoms with van der Waals surface area (Å²) in [5.41, 5.74) is 15.9. The standard InChI is InChI=1S/C17H31N7O6/c1-9(25)13(16(29)30)23-14(27)11-5-3-7-24(11)15(28)10(22-12(26)8-18)4-2-6-21-17(19)20/h9-11,13,25H,2-8,18H2,1H3,(H,22,26)(H,23,27)(H,29,30)(H4,19,20,21). The van der Waals surface area contributed by atoms with Gasteiger partial charge in [-0.2, -0.15) is 0 Å². The van der Waals surface area contributed by atoms with Crippen LogP contribution in [-0.2, 0) is 19.2 Å². The third kappa shape index (κ3) is 7.48. The molecule has 0 radical (unpaired) electrons. The molecule has 30 heavy (non-hydrogen) atoms. The Kier molecular flexibility index (Phi) is 9.98. The molecule has 1 aliphatic heterocycles. The average molecular weight is 429 g/mol. The van der Waals surface area contributed by atoms with Crippen molar-refractivity contribution >= 4 is 29.7 Å². The highest BCUT2D eigenvalue weighted by atomic mass is 16.4. The molecule has 0 aromatic carbocycles. The summed E-state index contributed by atoms with van der Waals surface area (Å²) in [5, 5.41) is 23.5. The lowest BCUT2D eigenvalue weighted by Gasteiger charge is -2.29. The summed E-state index contributed by atoms with van der Waals surface area (Å²) in [5.74, 6) is -3.18. The van der Waals surface area contributed by atoms with E-state index in [1.165, 1.54) is 11.8 Å². The molecule has 1 saturated heterocycles. The van der Waals surface area contributed by atoms with Crippen molar-refractivity contribution in [2.75, 3.05) is 19.6 Å². The van der Waals surface area contributed by atoms with Crippen LogP contribution in [0.5, 0.6) is 0 Å². The number of carboxylic acids is 1. The quantitative estimate of drug-likeness (QED) is 0.0977. The number of likely N-dealkylation sites (tertiary alicyclic amines) is 1. The van der Waals surface area contributed by atoms with Gasteiger partial charge in [-0.1, -0.05) is 0 Å². The lowest BCUT2D eigenvalue weighted by Crippen LogP contribution is -2.57. The first-order valence-corrected chi connectivity index (χ1v) is 9.65. The van der Waals surface area contributed by atoms with Crippen LogP contribution >= 0.6 is 0 Å². The number of nitrogens with two attached hydrogens (primary N) is 3. The van der Waals surface area contributed by atoms with E-state index >= 15 is 0 Å². The van der Waals surface area contributed by atoms with Crippen LogP contribution < -0.4 is 27.8 Å². The SMILES string of the molecule is CC(O)C(NC(=O)C1CCCN1C(=O)C(CCCN=C(N)N)NC(=O)CN)C(=O)O. The molecule has 1 fully saturated rings. The van der Waals surface area contributed by atoms with E-state index in [0.29, 0.717) is 19.3 Å². The van der Waals surface area contributed by atoms with Crippen molar-refractivity contribution in [2.45, 2.75) is 56.8 Å². The summed E-state index contributed by atoms with van der Waals surface area (Å²) in [6.07, 6.45) is 0.158. The number of guanidine groups is 1. The number of nitrogens with one attached hydrogen (secondary N) is 2. The highest BCUT2D eigenvalue weighted by Gasteiger charge is 2.39. The first-order valence-electron chi connectivity index (χ1n) is 9.65. The number of amides is 3. The highest BCUT2D eigenvalue weighted by Crippen LogP contribution is 2.20. The molecule has 1 heterocycles. The summed E-state index contributed by atoms with van der Waals surface area (Å²) >= 11 is 0. The van der Waals surface area contributed by atoms with E-state index in [2.05, 4.69) is 15.6 Å². The van der Waals surface area contributed by atoms with Crippen molar-refractivity contribution in [1.29, 1.82) is 0 Å². The molecule has 3 amide bonds. The number of aliphatic hydroxyl groups is 1. The van der Waals surface area contributed by atoms with Crippen LogP contribution in [0.1, 0.15) is 32.6 Å². The largest absolute Gasteiger partial charge is 0.480 e. The van der Waals surface area contributed by atoms with E-state index in [1.807, 2.05) is 0 Å². The van der Waals surface area contributed by atoms with Crippen LogP contribution in [0.3, 0.4) is 0 Å². The van der Waals surface area contributed by atoms with Crippen LogP contribution in [0.25, 0.3) is 0 Å². The number of carbonyl (C=O) groups excluding carboxylic acids is 3. The van der Waals surface area contributed by atoms with Crippen molar-refractivity contribution < 1.29 is 29.4 Å². The van der Waals surface area contributed by atoms with Crippen molar-refractivity contribution in [1.82, 2.24) is 15.5 Å². The Balaban J connectivity index is 2.89. The average Bonchev–Trinajstić information content (AvgIpc) is 3.16. The number of hydrogen-bond acceptors (Lipinski definition) is 7. The van der Waals surface area contributed by atoms with E-state index in [-0.39, 0.29) is 32.0 Å². The molecule has 0 aromatic heterocycles. The van der Waals surface area contributed by atoms with Gasteiger partial charge in [0.15, 0.2) is 12.0 Å². The number of aliphatic hydroxyl groups excluding tert-OH is 1. The summed E-state index contributed by atoms with van der Waals surface area (Å²) in [6.45, 7) is 1.46. The molecule has 4 unspecified atom stereocenters. The van der Waals surface area contributed by atoms with Gasteiger partial charge < -0.3 is 42.9 Å². The number of rotatable bonds is 11. The molecule has 13 nitrogen and oxygen atoms in total. The Bertz CT molecular complexity index is 665. The van der Waals surface area contributed by atoms with Gasteiger partial charge in [0.2, 0.25) is 17.7 Å². The molecule has 13 heteroatoms. The second-order valence-electron chi connectivity index (χ2n) is 7.03. The summed E-state index contributed by atoms with van der Waals surface area (Å²) < 4.78 is 0. The normalized spacial score (nSPS) is 18.8. The van der Waals surface area contributed by atoms with Crippen LogP contribution in [0.2, 0.25) is 0 Å². The molecule has 0 saturated carbocycles. The maximum absolute atomic E-state index is 13.0. The van der Waals surface area contributed by atoms with Crippen molar-refractivity contribution in [3.8, 4) is 0 Å². The molecule has 1 aliphatic rings. The first-order chi connectivity index (χ1) is 14.1. The third-order valence-electron chi connectivity index (χ3n) is 4.65. The zero-order valence-corrected chi connectivity index (χ0v) is 16.9. The molecule has 170 valence electrons. The number of aliphatic carboxylic acids is 1. The molecule has 4 atom stereocenters. The maximum atomic E-state index is 13.0. The van der Waals surface area contributed by atoms with Crippen LogP contribution in [-0.4, -0.2) is 88.6 Å². The number of carbonyl (C=O) groups is 4. The summed E-state index contributed by atoms with van der Waals surface area (Å²) in [6, 6.07) is -3.34. The molecule has 0 spiro atoms. The van der Waals surface area contributed by atoms with Crippen molar-refractivity contribution in [3.05, 3.63) is 0 Å². The molecule has 0 aromatic rings. The first kappa shape index (κ1) is 25.1. The molecule has 10 N–H and O–H groups in total. The van der Waals surface area contributed by atoms with E-state index < -0.39 is 47.9 Å². The smallest absolute Gasteiger partial charge is 0.328 e. The highest BCUT2D eigenvalue weighted by molar-refractivity contribution is 5.94. The number of carboxylic acid groups (broad SMARTS) is 1. The Morgan fingerprint density at radius 1 is 1.23 bits per heavy atom. The van der Waals surface area contributed by atoms with Gasteiger partial charge in [0, 0.05) is 13.1 Å². The van der Waals surface area contributed by atoms with Crippen molar-refractivity contribution in [3.63, 3.8) is 0 Å². The topological polar surface area (TPSA) is 226 Å². The van der Waals surface area contributed by atoms with Crippen LogP contribution in [0, 0.1) is 0 Å². The second-order valence-corrected chi connectivity index (χ2v) is 7.03. The monoisotopic (exact) mass is 429 g/mol. The fourth-order valence-electron chi connectivity index (χ4n) is 3.16. The minimum atomic E-state index is -1.50. The minimum Gasteiger partial charge on any atom is -0.480 e. The van der Waals surface area contributed by atoms with Gasteiger partial charge in [0.05, 0.1) is 12.6 Å². The summed E-state index contributed by atoms with van der Waals surface area (Å²) in [7, 11) is 0. The van der Waals surface area contributed by atoms with Crippen LogP contribution in [0.15, 0.2) is 4.99 Å². The number of aliphatic imine (C=N–C) groups is 1. The van der Waals surface area contributed by atoms with Gasteiger partial charge in [0.1, 0.15) is 12.1 Å². The second kappa shape index (κ2) is 11.9. The van der Waals surface area contributed by atoms with Gasteiger partial charge in [-0.05, 0) is 32.6 Å². The Morgan fingerprint density at radius 2 is 1.90 bits per heavy atom. The van der Waals surface area contributed by atoms with Gasteiger partial charge in [-0.15, -0.1) is 0 Å². The molecular formula is C17H31N7O6. The summed E-state index contributed by atoms with van der Waals surface area (Å²) in [4.78, 5) is 53.7.